The molecule has 0 aliphatic heterocycles. The van der Waals surface area contributed by atoms with E-state index in [4.69, 9.17) is 0 Å². The Kier molecular flexibility index (Phi) is 8.03. The van der Waals surface area contributed by atoms with Crippen molar-refractivity contribution in [3.05, 3.63) is 84.9 Å². The van der Waals surface area contributed by atoms with E-state index in [1.165, 1.54) is 0 Å². The van der Waals surface area contributed by atoms with Gasteiger partial charge in [-0.25, -0.2) is 9.97 Å². The zero-order chi connectivity index (χ0) is 22.8. The molecule has 2 heterocycles. The minimum absolute atomic E-state index is 0.638. The zero-order valence-corrected chi connectivity index (χ0v) is 18.9. The Morgan fingerprint density at radius 2 is 0.844 bits per heavy atom. The van der Waals surface area contributed by atoms with Crippen LogP contribution in [0.2, 0.25) is 0 Å². The molecule has 0 aliphatic rings. The maximum absolute atomic E-state index is 4.62. The molecule has 0 atom stereocenters. The number of rotatable bonds is 4. The molecule has 2 aromatic heterocycles. The smallest absolute Gasteiger partial charge is 0.181 e. The van der Waals surface area contributed by atoms with Crippen molar-refractivity contribution in [1.29, 1.82) is 0 Å². The molecule has 162 valence electrons. The summed E-state index contributed by atoms with van der Waals surface area (Å²) in [6.45, 7) is 8.00. The Labute approximate surface area is 188 Å². The van der Waals surface area contributed by atoms with Crippen LogP contribution in [0.3, 0.4) is 0 Å². The number of aromatic nitrogens is 6. The van der Waals surface area contributed by atoms with Crippen molar-refractivity contribution < 1.29 is 0 Å². The topological polar surface area (TPSA) is 83.1 Å². The third-order valence-corrected chi connectivity index (χ3v) is 4.44. The molecule has 6 heteroatoms. The summed E-state index contributed by atoms with van der Waals surface area (Å²) in [5.74, 6) is 2.76. The molecule has 0 saturated heterocycles. The molecule has 0 spiro atoms. The predicted molar refractivity (Wildman–Crippen MR) is 131 cm³/mol. The summed E-state index contributed by atoms with van der Waals surface area (Å²) in [6, 6.07) is 27.8. The van der Waals surface area contributed by atoms with E-state index in [9.17, 15) is 0 Å². The number of hydrogen-bond acceptors (Lipinski definition) is 4. The van der Waals surface area contributed by atoms with E-state index in [1.54, 1.807) is 0 Å². The monoisotopic (exact) mass is 424 g/mol. The Morgan fingerprint density at radius 3 is 1.25 bits per heavy atom. The minimum atomic E-state index is 0.638. The number of aromatic amines is 2. The Morgan fingerprint density at radius 1 is 0.469 bits per heavy atom. The van der Waals surface area contributed by atoms with E-state index >= 15 is 0 Å². The van der Waals surface area contributed by atoms with Crippen LogP contribution in [-0.2, 0) is 0 Å². The fourth-order valence-corrected chi connectivity index (χ4v) is 3.03. The molecule has 5 rings (SSSR count). The van der Waals surface area contributed by atoms with Gasteiger partial charge in [0.05, 0.1) is 0 Å². The summed E-state index contributed by atoms with van der Waals surface area (Å²) in [7, 11) is 0. The normalized spacial score (nSPS) is 9.88. The van der Waals surface area contributed by atoms with Crippen LogP contribution in [0.15, 0.2) is 84.9 Å². The third kappa shape index (κ3) is 5.16. The summed E-state index contributed by atoms with van der Waals surface area (Å²) in [4.78, 5) is 9.25. The number of benzene rings is 3. The Balaban J connectivity index is 0.000000686. The fraction of sp³-hybridized carbons (Fsp3) is 0.154. The number of nitrogens with zero attached hydrogens (tertiary/aromatic N) is 4. The van der Waals surface area contributed by atoms with Crippen molar-refractivity contribution in [3.63, 3.8) is 0 Å². The van der Waals surface area contributed by atoms with Gasteiger partial charge in [0.15, 0.2) is 23.3 Å². The Bertz CT molecular complexity index is 1120. The first-order valence-corrected chi connectivity index (χ1v) is 10.9. The highest BCUT2D eigenvalue weighted by atomic mass is 15.2. The lowest BCUT2D eigenvalue weighted by Crippen LogP contribution is -1.85. The van der Waals surface area contributed by atoms with Gasteiger partial charge in [0.25, 0.3) is 0 Å². The van der Waals surface area contributed by atoms with Crippen molar-refractivity contribution in [2.45, 2.75) is 27.7 Å². The largest absolute Gasteiger partial charge is 0.259 e. The zero-order valence-electron chi connectivity index (χ0n) is 18.9. The molecule has 32 heavy (non-hydrogen) atoms. The molecular weight excluding hydrogens is 396 g/mol. The minimum Gasteiger partial charge on any atom is -0.259 e. The van der Waals surface area contributed by atoms with Crippen molar-refractivity contribution in [2.75, 3.05) is 0 Å². The third-order valence-electron chi connectivity index (χ3n) is 4.44. The second-order valence-electron chi connectivity index (χ2n) is 6.33. The van der Waals surface area contributed by atoms with Gasteiger partial charge in [0.1, 0.15) is 0 Å². The van der Waals surface area contributed by atoms with Crippen molar-refractivity contribution >= 4 is 0 Å². The van der Waals surface area contributed by atoms with Crippen LogP contribution < -0.4 is 0 Å². The average molecular weight is 425 g/mol. The fourth-order valence-electron chi connectivity index (χ4n) is 3.03. The molecule has 0 saturated carbocycles. The van der Waals surface area contributed by atoms with Crippen molar-refractivity contribution in [1.82, 2.24) is 30.4 Å². The highest BCUT2D eigenvalue weighted by Crippen LogP contribution is 2.25. The van der Waals surface area contributed by atoms with E-state index in [2.05, 4.69) is 30.4 Å². The maximum Gasteiger partial charge on any atom is 0.181 e. The van der Waals surface area contributed by atoms with Crippen molar-refractivity contribution in [2.24, 2.45) is 0 Å². The SMILES string of the molecule is CC.CC.c1ccc(-c2nc(-c3cccc(-c4n[nH]c(-c5ccccc5)n4)c3)n[nH]2)cc1. The molecule has 0 aliphatic carbocycles. The van der Waals surface area contributed by atoms with E-state index < -0.39 is 0 Å². The summed E-state index contributed by atoms with van der Waals surface area (Å²) in [6.07, 6.45) is 0. The molecule has 6 nitrogen and oxygen atoms in total. The molecule has 0 unspecified atom stereocenters. The second kappa shape index (κ2) is 11.4. The summed E-state index contributed by atoms with van der Waals surface area (Å²) in [5.41, 5.74) is 3.81. The summed E-state index contributed by atoms with van der Waals surface area (Å²) >= 11 is 0. The van der Waals surface area contributed by atoms with Crippen LogP contribution in [0.5, 0.6) is 0 Å². The van der Waals surface area contributed by atoms with Crippen LogP contribution in [0.4, 0.5) is 0 Å². The van der Waals surface area contributed by atoms with Gasteiger partial charge in [-0.1, -0.05) is 107 Å². The van der Waals surface area contributed by atoms with E-state index in [0.717, 1.165) is 33.9 Å². The number of nitrogens with one attached hydrogen (secondary N) is 2. The van der Waals surface area contributed by atoms with Gasteiger partial charge in [-0.2, -0.15) is 10.2 Å². The highest BCUT2D eigenvalue weighted by Gasteiger charge is 2.11. The predicted octanol–water partition coefficient (Wildman–Crippen LogP) is 6.64. The average Bonchev–Trinajstić information content (AvgIpc) is 3.59. The summed E-state index contributed by atoms with van der Waals surface area (Å²) < 4.78 is 0. The first kappa shape index (κ1) is 22.6. The molecule has 5 aromatic rings. The molecule has 3 aromatic carbocycles. The second-order valence-corrected chi connectivity index (χ2v) is 6.33. The first-order valence-electron chi connectivity index (χ1n) is 10.9. The van der Waals surface area contributed by atoms with Crippen LogP contribution >= 0.6 is 0 Å². The molecule has 0 bridgehead atoms. The Hall–Kier alpha value is -4.06. The maximum atomic E-state index is 4.62. The quantitative estimate of drug-likeness (QED) is 0.339. The van der Waals surface area contributed by atoms with Crippen LogP contribution in [-0.4, -0.2) is 30.4 Å². The lowest BCUT2D eigenvalue weighted by atomic mass is 10.1. The highest BCUT2D eigenvalue weighted by molar-refractivity contribution is 5.68. The van der Waals surface area contributed by atoms with E-state index in [1.807, 2.05) is 113 Å². The lowest BCUT2D eigenvalue weighted by Gasteiger charge is -1.99. The van der Waals surface area contributed by atoms with Gasteiger partial charge in [-0.15, -0.1) is 0 Å². The van der Waals surface area contributed by atoms with Crippen LogP contribution in [0.1, 0.15) is 27.7 Å². The van der Waals surface area contributed by atoms with Crippen LogP contribution in [0, 0.1) is 0 Å². The standard InChI is InChI=1S/C22H16N6.2C2H6/c1-3-8-15(9-4-1)19-23-21(27-25-19)17-12-7-13-18(14-17)22-24-20(26-28-22)16-10-5-2-6-11-16;2*1-2/h1-14H,(H,23,25,27)(H,24,26,28);2*1-2H3. The lowest BCUT2D eigenvalue weighted by molar-refractivity contribution is 1.10. The van der Waals surface area contributed by atoms with E-state index in [0.29, 0.717) is 11.6 Å². The number of H-pyrrole nitrogens is 2. The molecule has 0 amide bonds. The van der Waals surface area contributed by atoms with Crippen LogP contribution in [0.25, 0.3) is 45.6 Å². The van der Waals surface area contributed by atoms with Gasteiger partial charge in [0.2, 0.25) is 0 Å². The number of hydrogen-bond donors (Lipinski definition) is 2. The molecular formula is C26H28N6. The molecule has 2 N–H and O–H groups in total. The van der Waals surface area contributed by atoms with Gasteiger partial charge in [-0.3, -0.25) is 10.2 Å². The molecule has 0 fully saturated rings. The van der Waals surface area contributed by atoms with E-state index in [-0.39, 0.29) is 0 Å². The summed E-state index contributed by atoms with van der Waals surface area (Å²) in [5, 5.41) is 14.7. The van der Waals surface area contributed by atoms with Gasteiger partial charge >= 0.3 is 0 Å². The first-order chi connectivity index (χ1) is 15.9. The molecule has 0 radical (unpaired) electrons. The van der Waals surface area contributed by atoms with Gasteiger partial charge in [0, 0.05) is 22.3 Å². The van der Waals surface area contributed by atoms with Gasteiger partial charge in [-0.05, 0) is 6.07 Å². The van der Waals surface area contributed by atoms with Crippen molar-refractivity contribution in [3.8, 4) is 45.6 Å². The van der Waals surface area contributed by atoms with Gasteiger partial charge < -0.3 is 0 Å².